The van der Waals surface area contributed by atoms with E-state index in [2.05, 4.69) is 17.3 Å². The first kappa shape index (κ1) is 16.4. The van der Waals surface area contributed by atoms with Crippen molar-refractivity contribution in [2.45, 2.75) is 70.2 Å². The largest absolute Gasteiger partial charge is 0.481 e. The highest BCUT2D eigenvalue weighted by Crippen LogP contribution is 2.17. The SMILES string of the molecule is C[C@H]1[C@H](O)NC[C@H](CCCCCCCC(=O)O)N1C. The highest BCUT2D eigenvalue weighted by atomic mass is 16.4. The molecule has 1 aliphatic rings. The van der Waals surface area contributed by atoms with Gasteiger partial charge in [-0.2, -0.15) is 0 Å². The number of rotatable bonds is 8. The van der Waals surface area contributed by atoms with E-state index < -0.39 is 12.2 Å². The van der Waals surface area contributed by atoms with Gasteiger partial charge in [0.1, 0.15) is 6.23 Å². The average Bonchev–Trinajstić information content (AvgIpc) is 2.37. The van der Waals surface area contributed by atoms with Crippen molar-refractivity contribution in [2.75, 3.05) is 13.6 Å². The number of carbonyl (C=O) groups is 1. The molecule has 1 saturated heterocycles. The van der Waals surface area contributed by atoms with E-state index in [0.717, 1.165) is 32.2 Å². The maximum atomic E-state index is 10.4. The molecule has 0 radical (unpaired) electrons. The van der Waals surface area contributed by atoms with Gasteiger partial charge in [-0.05, 0) is 26.8 Å². The van der Waals surface area contributed by atoms with Crippen molar-refractivity contribution < 1.29 is 15.0 Å². The molecule has 0 aromatic rings. The van der Waals surface area contributed by atoms with Gasteiger partial charge in [0.05, 0.1) is 0 Å². The number of nitrogens with zero attached hydrogens (tertiary/aromatic N) is 1. The summed E-state index contributed by atoms with van der Waals surface area (Å²) in [6, 6.07) is 0.659. The molecule has 5 nitrogen and oxygen atoms in total. The van der Waals surface area contributed by atoms with E-state index in [1.54, 1.807) is 0 Å². The number of aliphatic carboxylic acids is 1. The van der Waals surface area contributed by atoms with E-state index in [9.17, 15) is 9.90 Å². The predicted octanol–water partition coefficient (Wildman–Crippen LogP) is 1.41. The average molecular weight is 272 g/mol. The number of nitrogens with one attached hydrogen (secondary N) is 1. The minimum atomic E-state index is -0.692. The van der Waals surface area contributed by atoms with Gasteiger partial charge in [-0.3, -0.25) is 15.0 Å². The summed E-state index contributed by atoms with van der Waals surface area (Å²) in [4.78, 5) is 12.6. The summed E-state index contributed by atoms with van der Waals surface area (Å²) in [7, 11) is 2.08. The van der Waals surface area contributed by atoms with Crippen molar-refractivity contribution >= 4 is 5.97 Å². The Hall–Kier alpha value is -0.650. The normalized spacial score (nSPS) is 28.5. The first-order valence-electron chi connectivity index (χ1n) is 7.37. The Bertz CT molecular complexity index is 273. The molecule has 3 atom stereocenters. The number of hydrogen-bond donors (Lipinski definition) is 3. The van der Waals surface area contributed by atoms with E-state index in [1.165, 1.54) is 12.8 Å². The third kappa shape index (κ3) is 5.89. The van der Waals surface area contributed by atoms with Crippen LogP contribution in [0.2, 0.25) is 0 Å². The Labute approximate surface area is 116 Å². The molecule has 19 heavy (non-hydrogen) atoms. The minimum Gasteiger partial charge on any atom is -0.481 e. The molecule has 1 fully saturated rings. The van der Waals surface area contributed by atoms with Crippen LogP contribution in [-0.4, -0.2) is 53.0 Å². The van der Waals surface area contributed by atoms with Crippen LogP contribution in [0.25, 0.3) is 0 Å². The standard InChI is InChI=1S/C14H28N2O3/c1-11-14(19)15-10-12(16(11)2)8-6-4-3-5-7-9-13(17)18/h11-12,14-15,19H,3-10H2,1-2H3,(H,17,18)/t11-,12-,14-/m0/s1. The van der Waals surface area contributed by atoms with Gasteiger partial charge in [0.2, 0.25) is 0 Å². The third-order valence-corrected chi connectivity index (χ3v) is 4.17. The number of carboxylic acids is 1. The quantitative estimate of drug-likeness (QED) is 0.583. The molecule has 0 saturated carbocycles. The summed E-state index contributed by atoms with van der Waals surface area (Å²) < 4.78 is 0. The zero-order valence-corrected chi connectivity index (χ0v) is 12.1. The highest BCUT2D eigenvalue weighted by Gasteiger charge is 2.29. The lowest BCUT2D eigenvalue weighted by Crippen LogP contribution is -2.60. The third-order valence-electron chi connectivity index (χ3n) is 4.17. The van der Waals surface area contributed by atoms with Crippen LogP contribution in [0, 0.1) is 0 Å². The second kappa shape index (κ2) is 8.51. The molecule has 5 heteroatoms. The summed E-state index contributed by atoms with van der Waals surface area (Å²) in [6.07, 6.45) is 6.29. The lowest BCUT2D eigenvalue weighted by molar-refractivity contribution is -0.137. The molecule has 0 aromatic heterocycles. The fraction of sp³-hybridized carbons (Fsp3) is 0.929. The fourth-order valence-electron chi connectivity index (χ4n) is 2.62. The van der Waals surface area contributed by atoms with Gasteiger partial charge in [-0.1, -0.05) is 25.7 Å². The Kier molecular flexibility index (Phi) is 7.34. The van der Waals surface area contributed by atoms with Crippen LogP contribution in [0.5, 0.6) is 0 Å². The molecule has 1 heterocycles. The second-order valence-corrected chi connectivity index (χ2v) is 5.61. The van der Waals surface area contributed by atoms with Crippen LogP contribution in [-0.2, 0) is 4.79 Å². The van der Waals surface area contributed by atoms with Crippen molar-refractivity contribution in [3.8, 4) is 0 Å². The van der Waals surface area contributed by atoms with Gasteiger partial charge in [-0.15, -0.1) is 0 Å². The van der Waals surface area contributed by atoms with E-state index in [-0.39, 0.29) is 6.04 Å². The lowest BCUT2D eigenvalue weighted by atomic mass is 10.0. The number of hydrogen-bond acceptors (Lipinski definition) is 4. The highest BCUT2D eigenvalue weighted by molar-refractivity contribution is 5.66. The topological polar surface area (TPSA) is 72.8 Å². The van der Waals surface area contributed by atoms with Gasteiger partial charge in [-0.25, -0.2) is 0 Å². The molecule has 0 unspecified atom stereocenters. The van der Waals surface area contributed by atoms with E-state index in [0.29, 0.717) is 12.5 Å². The number of piperazine rings is 1. The number of likely N-dealkylation sites (N-methyl/N-ethyl adjacent to an activating group) is 1. The Morgan fingerprint density at radius 1 is 1.26 bits per heavy atom. The van der Waals surface area contributed by atoms with Crippen LogP contribution < -0.4 is 5.32 Å². The molecule has 1 aliphatic heterocycles. The smallest absolute Gasteiger partial charge is 0.303 e. The van der Waals surface area contributed by atoms with Crippen molar-refractivity contribution in [3.63, 3.8) is 0 Å². The van der Waals surface area contributed by atoms with E-state index in [4.69, 9.17) is 5.11 Å². The molecule has 0 amide bonds. The molecule has 112 valence electrons. The Morgan fingerprint density at radius 2 is 1.89 bits per heavy atom. The fourth-order valence-corrected chi connectivity index (χ4v) is 2.62. The maximum Gasteiger partial charge on any atom is 0.303 e. The van der Waals surface area contributed by atoms with Gasteiger partial charge >= 0.3 is 5.97 Å². The zero-order chi connectivity index (χ0) is 14.3. The first-order valence-corrected chi connectivity index (χ1v) is 7.37. The molecule has 0 aliphatic carbocycles. The minimum absolute atomic E-state index is 0.161. The van der Waals surface area contributed by atoms with Crippen molar-refractivity contribution in [3.05, 3.63) is 0 Å². The molecule has 0 aromatic carbocycles. The van der Waals surface area contributed by atoms with Crippen LogP contribution in [0.4, 0.5) is 0 Å². The number of aliphatic hydroxyl groups excluding tert-OH is 1. The summed E-state index contributed by atoms with van der Waals surface area (Å²) in [5.74, 6) is -0.692. The van der Waals surface area contributed by atoms with Crippen molar-refractivity contribution in [2.24, 2.45) is 0 Å². The molecule has 0 spiro atoms. The van der Waals surface area contributed by atoms with Gasteiger partial charge < -0.3 is 10.2 Å². The van der Waals surface area contributed by atoms with Crippen LogP contribution >= 0.6 is 0 Å². The summed E-state index contributed by atoms with van der Waals surface area (Å²) in [5.41, 5.74) is 0. The van der Waals surface area contributed by atoms with Crippen LogP contribution in [0.15, 0.2) is 0 Å². The Morgan fingerprint density at radius 3 is 2.58 bits per heavy atom. The first-order chi connectivity index (χ1) is 9.02. The van der Waals surface area contributed by atoms with Gasteiger partial charge in [0, 0.05) is 25.0 Å². The monoisotopic (exact) mass is 272 g/mol. The summed E-state index contributed by atoms with van der Waals surface area (Å²) >= 11 is 0. The molecule has 3 N–H and O–H groups in total. The van der Waals surface area contributed by atoms with Gasteiger partial charge in [0.15, 0.2) is 0 Å². The van der Waals surface area contributed by atoms with Crippen LogP contribution in [0.1, 0.15) is 51.9 Å². The van der Waals surface area contributed by atoms with Crippen LogP contribution in [0.3, 0.4) is 0 Å². The summed E-state index contributed by atoms with van der Waals surface area (Å²) in [5, 5.41) is 21.3. The summed E-state index contributed by atoms with van der Waals surface area (Å²) in [6.45, 7) is 2.89. The van der Waals surface area contributed by atoms with Crippen molar-refractivity contribution in [1.29, 1.82) is 0 Å². The number of unbranched alkanes of at least 4 members (excludes halogenated alkanes) is 4. The molecular weight excluding hydrogens is 244 g/mol. The Balaban J connectivity index is 2.04. The molecule has 0 bridgehead atoms. The van der Waals surface area contributed by atoms with E-state index in [1.807, 2.05) is 6.92 Å². The number of aliphatic hydroxyl groups is 1. The molecule has 1 rings (SSSR count). The van der Waals surface area contributed by atoms with Crippen molar-refractivity contribution in [1.82, 2.24) is 10.2 Å². The number of carboxylic acid groups (broad SMARTS) is 1. The maximum absolute atomic E-state index is 10.4. The lowest BCUT2D eigenvalue weighted by Gasteiger charge is -2.41. The zero-order valence-electron chi connectivity index (χ0n) is 12.1. The van der Waals surface area contributed by atoms with Gasteiger partial charge in [0.25, 0.3) is 0 Å². The molecular formula is C14H28N2O3. The second-order valence-electron chi connectivity index (χ2n) is 5.61. The van der Waals surface area contributed by atoms with E-state index >= 15 is 0 Å². The predicted molar refractivity (Wildman–Crippen MR) is 75.0 cm³/mol.